The zero-order chi connectivity index (χ0) is 11.7. The smallest absolute Gasteiger partial charge is 0.150 e. The van der Waals surface area contributed by atoms with E-state index in [-0.39, 0.29) is 0 Å². The Labute approximate surface area is 99.5 Å². The van der Waals surface area contributed by atoms with Crippen LogP contribution < -0.4 is 10.5 Å². The van der Waals surface area contributed by atoms with Crippen LogP contribution in [-0.2, 0) is 6.42 Å². The third-order valence-corrected chi connectivity index (χ3v) is 2.92. The van der Waals surface area contributed by atoms with Crippen LogP contribution in [0.4, 0.5) is 5.82 Å². The summed E-state index contributed by atoms with van der Waals surface area (Å²) in [7, 11) is 0. The van der Waals surface area contributed by atoms with E-state index >= 15 is 0 Å². The molecule has 1 aliphatic heterocycles. The first kappa shape index (κ1) is 10.1. The summed E-state index contributed by atoms with van der Waals surface area (Å²) >= 11 is 0. The van der Waals surface area contributed by atoms with E-state index in [1.54, 1.807) is 12.4 Å². The monoisotopic (exact) mass is 227 g/mol. The molecule has 0 saturated heterocycles. The van der Waals surface area contributed by atoms with Gasteiger partial charge in [0.05, 0.1) is 6.61 Å². The zero-order valence-electron chi connectivity index (χ0n) is 9.39. The number of benzene rings is 1. The number of aryl methyl sites for hydroxylation is 1. The first-order chi connectivity index (χ1) is 8.36. The lowest BCUT2D eigenvalue weighted by molar-refractivity contribution is 0.289. The van der Waals surface area contributed by atoms with Gasteiger partial charge in [0.15, 0.2) is 0 Å². The van der Waals surface area contributed by atoms with Crippen molar-refractivity contribution in [2.45, 2.75) is 12.8 Å². The average molecular weight is 227 g/mol. The normalized spacial score (nSPS) is 13.9. The summed E-state index contributed by atoms with van der Waals surface area (Å²) in [6.07, 6.45) is 5.35. The van der Waals surface area contributed by atoms with Gasteiger partial charge in [-0.05, 0) is 24.5 Å². The highest BCUT2D eigenvalue weighted by Gasteiger charge is 2.17. The Kier molecular flexibility index (Phi) is 2.40. The maximum atomic E-state index is 5.86. The molecule has 0 unspecified atom stereocenters. The van der Waals surface area contributed by atoms with Crippen molar-refractivity contribution >= 4 is 5.82 Å². The highest BCUT2D eigenvalue weighted by molar-refractivity contribution is 5.76. The number of hydrogen-bond acceptors (Lipinski definition) is 4. The largest absolute Gasteiger partial charge is 0.493 e. The van der Waals surface area contributed by atoms with E-state index in [0.29, 0.717) is 11.5 Å². The van der Waals surface area contributed by atoms with Crippen LogP contribution in [-0.4, -0.2) is 16.6 Å². The van der Waals surface area contributed by atoms with Gasteiger partial charge in [0.25, 0.3) is 0 Å². The Morgan fingerprint density at radius 3 is 2.94 bits per heavy atom. The van der Waals surface area contributed by atoms with E-state index in [0.717, 1.165) is 30.8 Å². The summed E-state index contributed by atoms with van der Waals surface area (Å²) in [4.78, 5) is 8.35. The highest BCUT2D eigenvalue weighted by atomic mass is 16.5. The fourth-order valence-electron chi connectivity index (χ4n) is 2.13. The van der Waals surface area contributed by atoms with E-state index < -0.39 is 0 Å². The number of nitrogens with zero attached hydrogens (tertiary/aromatic N) is 2. The van der Waals surface area contributed by atoms with Crippen LogP contribution in [0.5, 0.6) is 5.75 Å². The molecular formula is C13H13N3O. The second kappa shape index (κ2) is 4.05. The van der Waals surface area contributed by atoms with Gasteiger partial charge in [0, 0.05) is 18.0 Å². The van der Waals surface area contributed by atoms with Gasteiger partial charge >= 0.3 is 0 Å². The molecule has 0 bridgehead atoms. The fraction of sp³-hybridized carbons (Fsp3) is 0.231. The number of nitrogen functional groups attached to an aromatic ring is 1. The van der Waals surface area contributed by atoms with E-state index in [2.05, 4.69) is 16.0 Å². The Morgan fingerprint density at radius 1 is 1.18 bits per heavy atom. The third kappa shape index (κ3) is 1.71. The SMILES string of the molecule is Nc1nccnc1-c1cccc2c1OCCC2. The molecule has 2 aromatic rings. The molecule has 0 fully saturated rings. The number of nitrogens with two attached hydrogens (primary N) is 1. The molecule has 0 aliphatic carbocycles. The number of fused-ring (bicyclic) bond motifs is 1. The summed E-state index contributed by atoms with van der Waals surface area (Å²) in [5.41, 5.74) is 8.72. The molecule has 0 spiro atoms. The first-order valence-corrected chi connectivity index (χ1v) is 5.68. The fourth-order valence-corrected chi connectivity index (χ4v) is 2.13. The van der Waals surface area contributed by atoms with Crippen molar-refractivity contribution in [3.05, 3.63) is 36.2 Å². The Hall–Kier alpha value is -2.10. The predicted molar refractivity (Wildman–Crippen MR) is 65.7 cm³/mol. The van der Waals surface area contributed by atoms with Gasteiger partial charge < -0.3 is 10.5 Å². The minimum Gasteiger partial charge on any atom is -0.493 e. The lowest BCUT2D eigenvalue weighted by atomic mass is 10.0. The maximum Gasteiger partial charge on any atom is 0.150 e. The predicted octanol–water partition coefficient (Wildman–Crippen LogP) is 2.05. The molecule has 1 aliphatic rings. The molecule has 86 valence electrons. The molecule has 1 aromatic heterocycles. The number of hydrogen-bond donors (Lipinski definition) is 1. The molecule has 2 N–H and O–H groups in total. The first-order valence-electron chi connectivity index (χ1n) is 5.68. The second-order valence-electron chi connectivity index (χ2n) is 4.04. The third-order valence-electron chi connectivity index (χ3n) is 2.92. The molecule has 17 heavy (non-hydrogen) atoms. The van der Waals surface area contributed by atoms with Crippen LogP contribution in [0.2, 0.25) is 0 Å². The quantitative estimate of drug-likeness (QED) is 0.810. The molecule has 3 rings (SSSR count). The molecule has 4 nitrogen and oxygen atoms in total. The molecular weight excluding hydrogens is 214 g/mol. The summed E-state index contributed by atoms with van der Waals surface area (Å²) in [5.74, 6) is 1.35. The molecule has 1 aromatic carbocycles. The second-order valence-corrected chi connectivity index (χ2v) is 4.04. The number of rotatable bonds is 1. The van der Waals surface area contributed by atoms with Crippen molar-refractivity contribution in [3.63, 3.8) is 0 Å². The minimum absolute atomic E-state index is 0.440. The van der Waals surface area contributed by atoms with Crippen molar-refractivity contribution < 1.29 is 4.74 Å². The summed E-state index contributed by atoms with van der Waals surface area (Å²) in [5, 5.41) is 0. The standard InChI is InChI=1S/C13H13N3O/c14-13-11(15-6-7-16-13)10-5-1-3-9-4-2-8-17-12(9)10/h1,3,5-7H,2,4,8H2,(H2,14,16). The van der Waals surface area contributed by atoms with Gasteiger partial charge in [-0.25, -0.2) is 4.98 Å². The van der Waals surface area contributed by atoms with Gasteiger partial charge in [-0.15, -0.1) is 0 Å². The lowest BCUT2D eigenvalue weighted by Gasteiger charge is -2.20. The number of anilines is 1. The van der Waals surface area contributed by atoms with Crippen LogP contribution in [0.3, 0.4) is 0 Å². The summed E-state index contributed by atoms with van der Waals surface area (Å²) < 4.78 is 5.74. The summed E-state index contributed by atoms with van der Waals surface area (Å²) in [6.45, 7) is 0.754. The van der Waals surface area contributed by atoms with Gasteiger partial charge in [-0.3, -0.25) is 4.98 Å². The number of aromatic nitrogens is 2. The number of para-hydroxylation sites is 1. The van der Waals surface area contributed by atoms with Gasteiger partial charge in [-0.2, -0.15) is 0 Å². The van der Waals surface area contributed by atoms with E-state index in [1.807, 2.05) is 12.1 Å². The molecule has 2 heterocycles. The van der Waals surface area contributed by atoms with E-state index in [9.17, 15) is 0 Å². The van der Waals surface area contributed by atoms with Gasteiger partial charge in [0.2, 0.25) is 0 Å². The number of ether oxygens (including phenoxy) is 1. The maximum absolute atomic E-state index is 5.86. The molecule has 0 atom stereocenters. The van der Waals surface area contributed by atoms with Gasteiger partial charge in [0.1, 0.15) is 17.3 Å². The van der Waals surface area contributed by atoms with Crippen LogP contribution in [0.25, 0.3) is 11.3 Å². The van der Waals surface area contributed by atoms with Crippen molar-refractivity contribution in [3.8, 4) is 17.0 Å². The van der Waals surface area contributed by atoms with Crippen LogP contribution in [0.15, 0.2) is 30.6 Å². The van der Waals surface area contributed by atoms with Gasteiger partial charge in [-0.1, -0.05) is 12.1 Å². The van der Waals surface area contributed by atoms with Crippen molar-refractivity contribution in [1.82, 2.24) is 9.97 Å². The van der Waals surface area contributed by atoms with Crippen molar-refractivity contribution in [2.24, 2.45) is 0 Å². The van der Waals surface area contributed by atoms with Crippen molar-refractivity contribution in [1.29, 1.82) is 0 Å². The topological polar surface area (TPSA) is 61.0 Å². The van der Waals surface area contributed by atoms with E-state index in [4.69, 9.17) is 10.5 Å². The lowest BCUT2D eigenvalue weighted by Crippen LogP contribution is -2.10. The van der Waals surface area contributed by atoms with Crippen molar-refractivity contribution in [2.75, 3.05) is 12.3 Å². The highest BCUT2D eigenvalue weighted by Crippen LogP contribution is 2.36. The Bertz CT molecular complexity index is 554. The summed E-state index contributed by atoms with van der Waals surface area (Å²) in [6, 6.07) is 6.08. The minimum atomic E-state index is 0.440. The van der Waals surface area contributed by atoms with Crippen LogP contribution in [0, 0.1) is 0 Å². The zero-order valence-corrected chi connectivity index (χ0v) is 9.39. The molecule has 0 amide bonds. The molecule has 0 radical (unpaired) electrons. The van der Waals surface area contributed by atoms with Crippen LogP contribution in [0.1, 0.15) is 12.0 Å². The Balaban J connectivity index is 2.18. The van der Waals surface area contributed by atoms with Crippen LogP contribution >= 0.6 is 0 Å². The molecule has 0 saturated carbocycles. The van der Waals surface area contributed by atoms with E-state index in [1.165, 1.54) is 5.56 Å². The average Bonchev–Trinajstić information content (AvgIpc) is 2.39. The molecule has 4 heteroatoms. The Morgan fingerprint density at radius 2 is 2.06 bits per heavy atom.